The molecule has 40 heavy (non-hydrogen) atoms. The van der Waals surface area contributed by atoms with Crippen LogP contribution in [0.1, 0.15) is 23.6 Å². The molecule has 1 heterocycles. The number of ether oxygens (including phenoxy) is 1. The normalized spacial score (nSPS) is 14.7. The first kappa shape index (κ1) is 28.1. The highest BCUT2D eigenvalue weighted by Crippen LogP contribution is 2.37. The lowest BCUT2D eigenvalue weighted by molar-refractivity contribution is -0.122. The zero-order valence-corrected chi connectivity index (χ0v) is 22.5. The van der Waals surface area contributed by atoms with Crippen molar-refractivity contribution in [3.05, 3.63) is 95.6 Å². The van der Waals surface area contributed by atoms with Crippen molar-refractivity contribution in [2.24, 2.45) is 0 Å². The molecule has 0 bridgehead atoms. The van der Waals surface area contributed by atoms with E-state index in [1.165, 1.54) is 54.6 Å². The van der Waals surface area contributed by atoms with Crippen LogP contribution in [-0.2, 0) is 26.1 Å². The zero-order chi connectivity index (χ0) is 29.0. The SMILES string of the molecule is C=CCc1cc(/C=C2\C(=O)NC(=O)N(c3ccc(O)cc3)C2=O)cc(OCC)c1OS(=O)(=O)c1ccc(C)cc1. The number of aromatic hydroxyl groups is 1. The second-order valence-corrected chi connectivity index (χ2v) is 10.3. The third-order valence-electron chi connectivity index (χ3n) is 5.84. The van der Waals surface area contributed by atoms with Crippen molar-refractivity contribution in [2.45, 2.75) is 25.2 Å². The number of imide groups is 2. The van der Waals surface area contributed by atoms with Crippen LogP contribution in [0.2, 0.25) is 0 Å². The molecule has 0 atom stereocenters. The number of hydrogen-bond acceptors (Lipinski definition) is 8. The third kappa shape index (κ3) is 5.89. The predicted octanol–water partition coefficient (Wildman–Crippen LogP) is 4.26. The number of nitrogens with one attached hydrogen (secondary N) is 1. The Bertz CT molecular complexity index is 1630. The van der Waals surface area contributed by atoms with Crippen molar-refractivity contribution in [2.75, 3.05) is 11.5 Å². The number of phenols is 1. The van der Waals surface area contributed by atoms with Crippen LogP contribution < -0.4 is 19.1 Å². The first-order valence-electron chi connectivity index (χ1n) is 12.2. The minimum absolute atomic E-state index is 0.0419. The van der Waals surface area contributed by atoms with Gasteiger partial charge in [0.25, 0.3) is 11.8 Å². The summed E-state index contributed by atoms with van der Waals surface area (Å²) in [6, 6.07) is 13.5. The molecule has 4 rings (SSSR count). The highest BCUT2D eigenvalue weighted by molar-refractivity contribution is 7.87. The first-order valence-corrected chi connectivity index (χ1v) is 13.6. The molecular weight excluding hydrogens is 536 g/mol. The van der Waals surface area contributed by atoms with E-state index in [1.807, 2.05) is 6.92 Å². The van der Waals surface area contributed by atoms with Gasteiger partial charge >= 0.3 is 16.1 Å². The quantitative estimate of drug-likeness (QED) is 0.171. The average molecular weight is 563 g/mol. The fourth-order valence-corrected chi connectivity index (χ4v) is 4.93. The number of hydrogen-bond donors (Lipinski definition) is 2. The molecule has 1 fully saturated rings. The smallest absolute Gasteiger partial charge is 0.339 e. The molecule has 0 unspecified atom stereocenters. The number of phenolic OH excluding ortho intramolecular Hbond substituents is 1. The number of anilines is 1. The van der Waals surface area contributed by atoms with Crippen LogP contribution in [0, 0.1) is 6.92 Å². The molecule has 11 heteroatoms. The molecule has 4 amide bonds. The van der Waals surface area contributed by atoms with Gasteiger partial charge in [-0.25, -0.2) is 9.69 Å². The predicted molar refractivity (Wildman–Crippen MR) is 148 cm³/mol. The molecule has 1 aliphatic heterocycles. The van der Waals surface area contributed by atoms with E-state index in [0.29, 0.717) is 11.1 Å². The van der Waals surface area contributed by atoms with Gasteiger partial charge in [0.1, 0.15) is 16.2 Å². The van der Waals surface area contributed by atoms with Gasteiger partial charge in [0.05, 0.1) is 12.3 Å². The molecular formula is C29H26N2O8S. The Kier molecular flexibility index (Phi) is 8.05. The molecule has 1 saturated heterocycles. The van der Waals surface area contributed by atoms with Crippen LogP contribution in [0.15, 0.2) is 83.8 Å². The van der Waals surface area contributed by atoms with Gasteiger partial charge in [-0.3, -0.25) is 14.9 Å². The topological polar surface area (TPSA) is 139 Å². The van der Waals surface area contributed by atoms with Gasteiger partial charge in [-0.05, 0) is 80.4 Å². The maximum Gasteiger partial charge on any atom is 0.339 e. The van der Waals surface area contributed by atoms with E-state index < -0.39 is 28.0 Å². The number of carbonyl (C=O) groups is 3. The van der Waals surface area contributed by atoms with Crippen molar-refractivity contribution in [3.8, 4) is 17.2 Å². The fourth-order valence-electron chi connectivity index (χ4n) is 3.95. The molecule has 3 aromatic rings. The average Bonchev–Trinajstić information content (AvgIpc) is 2.90. The molecule has 3 aromatic carbocycles. The van der Waals surface area contributed by atoms with Gasteiger partial charge in [-0.15, -0.1) is 6.58 Å². The second kappa shape index (κ2) is 11.5. The van der Waals surface area contributed by atoms with Crippen LogP contribution >= 0.6 is 0 Å². The van der Waals surface area contributed by atoms with Crippen LogP contribution in [-0.4, -0.2) is 38.0 Å². The van der Waals surface area contributed by atoms with Gasteiger partial charge < -0.3 is 14.0 Å². The summed E-state index contributed by atoms with van der Waals surface area (Å²) in [5, 5.41) is 11.7. The van der Waals surface area contributed by atoms with Gasteiger partial charge in [0.2, 0.25) is 0 Å². The van der Waals surface area contributed by atoms with Gasteiger partial charge in [-0.2, -0.15) is 8.42 Å². The molecule has 10 nitrogen and oxygen atoms in total. The summed E-state index contributed by atoms with van der Waals surface area (Å²) in [6.07, 6.45) is 2.98. The first-order chi connectivity index (χ1) is 19.0. The van der Waals surface area contributed by atoms with E-state index in [2.05, 4.69) is 11.9 Å². The van der Waals surface area contributed by atoms with Crippen molar-refractivity contribution >= 4 is 39.7 Å². The number of rotatable bonds is 9. The molecule has 0 aromatic heterocycles. The summed E-state index contributed by atoms with van der Waals surface area (Å²) in [5.41, 5.74) is 1.37. The molecule has 0 saturated carbocycles. The number of aryl methyl sites for hydroxylation is 1. The Balaban J connectivity index is 1.78. The van der Waals surface area contributed by atoms with E-state index >= 15 is 0 Å². The van der Waals surface area contributed by atoms with Crippen molar-refractivity contribution in [1.29, 1.82) is 0 Å². The standard InChI is InChI=1S/C29H26N2O8S/c1-4-6-20-15-19(16-24-27(33)30-29(35)31(28(24)34)21-9-11-22(32)12-10-21)17-25(38-5-2)26(20)39-40(36,37)23-13-7-18(3)8-14-23/h4,7-17,32H,1,5-6H2,2-3H3,(H,30,33,35)/b24-16+. The lowest BCUT2D eigenvalue weighted by Gasteiger charge is -2.26. The van der Waals surface area contributed by atoms with Crippen LogP contribution in [0.3, 0.4) is 0 Å². The number of urea groups is 1. The van der Waals surface area contributed by atoms with E-state index in [9.17, 15) is 27.9 Å². The van der Waals surface area contributed by atoms with Crippen molar-refractivity contribution in [3.63, 3.8) is 0 Å². The second-order valence-electron chi connectivity index (χ2n) is 8.76. The maximum atomic E-state index is 13.3. The molecule has 2 N–H and O–H groups in total. The van der Waals surface area contributed by atoms with Gasteiger partial charge in [-0.1, -0.05) is 23.8 Å². The summed E-state index contributed by atoms with van der Waals surface area (Å²) < 4.78 is 37.4. The fraction of sp³-hybridized carbons (Fsp3) is 0.138. The highest BCUT2D eigenvalue weighted by atomic mass is 32.2. The maximum absolute atomic E-state index is 13.3. The lowest BCUT2D eigenvalue weighted by atomic mass is 10.0. The van der Waals surface area contributed by atoms with E-state index in [-0.39, 0.29) is 46.4 Å². The summed E-state index contributed by atoms with van der Waals surface area (Å²) >= 11 is 0. The number of allylic oxidation sites excluding steroid dienone is 1. The summed E-state index contributed by atoms with van der Waals surface area (Å²) in [6.45, 7) is 7.42. The third-order valence-corrected chi connectivity index (χ3v) is 7.08. The summed E-state index contributed by atoms with van der Waals surface area (Å²) in [5.74, 6) is -1.84. The summed E-state index contributed by atoms with van der Waals surface area (Å²) in [7, 11) is -4.23. The monoisotopic (exact) mass is 562 g/mol. The minimum Gasteiger partial charge on any atom is -0.508 e. The van der Waals surface area contributed by atoms with Crippen LogP contribution in [0.25, 0.3) is 6.08 Å². The highest BCUT2D eigenvalue weighted by Gasteiger charge is 2.37. The molecule has 0 radical (unpaired) electrons. The van der Waals surface area contributed by atoms with E-state index in [4.69, 9.17) is 8.92 Å². The summed E-state index contributed by atoms with van der Waals surface area (Å²) in [4.78, 5) is 39.1. The number of nitrogens with zero attached hydrogens (tertiary/aromatic N) is 1. The van der Waals surface area contributed by atoms with Crippen LogP contribution in [0.4, 0.5) is 10.5 Å². The Morgan fingerprint density at radius 3 is 2.33 bits per heavy atom. The Hall–Kier alpha value is -4.90. The van der Waals surface area contributed by atoms with Crippen molar-refractivity contribution < 1.29 is 36.8 Å². The Labute approximate surface area is 231 Å². The Morgan fingerprint density at radius 2 is 1.70 bits per heavy atom. The molecule has 0 aliphatic carbocycles. The Morgan fingerprint density at radius 1 is 1.02 bits per heavy atom. The molecule has 0 spiro atoms. The number of amides is 4. The van der Waals surface area contributed by atoms with Gasteiger partial charge in [0.15, 0.2) is 11.5 Å². The van der Waals surface area contributed by atoms with Crippen LogP contribution in [0.5, 0.6) is 17.2 Å². The minimum atomic E-state index is -4.23. The van der Waals surface area contributed by atoms with E-state index in [0.717, 1.165) is 10.5 Å². The number of barbiturate groups is 1. The van der Waals surface area contributed by atoms with Crippen molar-refractivity contribution in [1.82, 2.24) is 5.32 Å². The number of benzene rings is 3. The number of carbonyl (C=O) groups excluding carboxylic acids is 3. The lowest BCUT2D eigenvalue weighted by Crippen LogP contribution is -2.54. The molecule has 1 aliphatic rings. The van der Waals surface area contributed by atoms with E-state index in [1.54, 1.807) is 25.1 Å². The largest absolute Gasteiger partial charge is 0.508 e. The zero-order valence-electron chi connectivity index (χ0n) is 21.7. The molecule has 206 valence electrons. The van der Waals surface area contributed by atoms with Gasteiger partial charge in [0, 0.05) is 5.56 Å².